The van der Waals surface area contributed by atoms with Crippen LogP contribution >= 0.6 is 0 Å². The second kappa shape index (κ2) is 6.25. The predicted octanol–water partition coefficient (Wildman–Crippen LogP) is 4.45. The maximum Gasteiger partial charge on any atom is 0.304 e. The number of ether oxygens (including phenoxy) is 1. The first-order valence-corrected chi connectivity index (χ1v) is 10.4. The number of ketones is 1. The Bertz CT molecular complexity index is 699. The molecule has 4 aliphatic rings. The van der Waals surface area contributed by atoms with Gasteiger partial charge in [0.2, 0.25) is 0 Å². The number of terminal acetylenes is 1. The van der Waals surface area contributed by atoms with Crippen LogP contribution in [0.4, 0.5) is 0 Å². The highest BCUT2D eigenvalue weighted by Crippen LogP contribution is 2.67. The number of hydrogen-bond acceptors (Lipinski definition) is 3. The van der Waals surface area contributed by atoms with Crippen LogP contribution in [0.3, 0.4) is 0 Å². The number of fused-ring (bicyclic) bond motifs is 5. The maximum atomic E-state index is 11.8. The van der Waals surface area contributed by atoms with Crippen molar-refractivity contribution in [2.45, 2.75) is 77.2 Å². The number of carbonyl (C=O) groups is 2. The van der Waals surface area contributed by atoms with Crippen molar-refractivity contribution in [3.05, 3.63) is 11.6 Å². The molecule has 0 heterocycles. The van der Waals surface area contributed by atoms with Crippen molar-refractivity contribution < 1.29 is 14.3 Å². The van der Waals surface area contributed by atoms with E-state index in [0.717, 1.165) is 51.4 Å². The zero-order chi connectivity index (χ0) is 18.5. The lowest BCUT2D eigenvalue weighted by atomic mass is 9.49. The average molecular weight is 354 g/mol. The fraction of sp³-hybridized carbons (Fsp3) is 0.739. The van der Waals surface area contributed by atoms with Crippen molar-refractivity contribution >= 4 is 11.8 Å². The highest BCUT2D eigenvalue weighted by Gasteiger charge is 2.65. The van der Waals surface area contributed by atoms with E-state index in [1.807, 2.05) is 6.08 Å². The van der Waals surface area contributed by atoms with Crippen LogP contribution in [0.15, 0.2) is 11.6 Å². The molecule has 140 valence electrons. The van der Waals surface area contributed by atoms with Crippen LogP contribution in [0.2, 0.25) is 0 Å². The van der Waals surface area contributed by atoms with Gasteiger partial charge in [0.05, 0.1) is 0 Å². The molecule has 0 amide bonds. The summed E-state index contributed by atoms with van der Waals surface area (Å²) < 4.78 is 5.88. The third-order valence-corrected chi connectivity index (χ3v) is 8.30. The lowest BCUT2D eigenvalue weighted by Crippen LogP contribution is -2.55. The molecule has 6 atom stereocenters. The zero-order valence-electron chi connectivity index (χ0n) is 16.1. The van der Waals surface area contributed by atoms with E-state index in [1.54, 1.807) is 0 Å². The minimum atomic E-state index is -0.720. The van der Waals surface area contributed by atoms with Crippen LogP contribution in [0.25, 0.3) is 0 Å². The molecular weight excluding hydrogens is 324 g/mol. The van der Waals surface area contributed by atoms with E-state index < -0.39 is 5.60 Å². The van der Waals surface area contributed by atoms with Gasteiger partial charge in [0, 0.05) is 18.8 Å². The Balaban J connectivity index is 1.68. The monoisotopic (exact) mass is 354 g/mol. The molecule has 0 bridgehead atoms. The Hall–Kier alpha value is -1.56. The zero-order valence-corrected chi connectivity index (χ0v) is 16.1. The summed E-state index contributed by atoms with van der Waals surface area (Å²) in [5.41, 5.74) is 0.620. The molecule has 0 aromatic rings. The van der Waals surface area contributed by atoms with E-state index in [2.05, 4.69) is 12.8 Å². The van der Waals surface area contributed by atoms with Gasteiger partial charge >= 0.3 is 5.97 Å². The molecule has 0 aromatic carbocycles. The molecule has 0 radical (unpaired) electrons. The van der Waals surface area contributed by atoms with E-state index in [1.165, 1.54) is 12.5 Å². The molecule has 0 spiro atoms. The summed E-state index contributed by atoms with van der Waals surface area (Å²) in [7, 11) is 0. The average Bonchev–Trinajstić information content (AvgIpc) is 2.95. The first-order valence-electron chi connectivity index (χ1n) is 10.4. The van der Waals surface area contributed by atoms with E-state index in [4.69, 9.17) is 11.2 Å². The van der Waals surface area contributed by atoms with E-state index in [9.17, 15) is 9.59 Å². The molecule has 3 heteroatoms. The fourth-order valence-electron chi connectivity index (χ4n) is 7.36. The number of hydrogen-bond donors (Lipinski definition) is 0. The number of esters is 1. The van der Waals surface area contributed by atoms with Gasteiger partial charge in [-0.1, -0.05) is 18.4 Å². The lowest BCUT2D eigenvalue weighted by Gasteiger charge is -2.56. The second-order valence-corrected chi connectivity index (χ2v) is 8.96. The Morgan fingerprint density at radius 3 is 2.73 bits per heavy atom. The number of allylic oxidation sites excluding steroid dienone is 1. The van der Waals surface area contributed by atoms with E-state index in [0.29, 0.717) is 35.9 Å². The van der Waals surface area contributed by atoms with Crippen LogP contribution < -0.4 is 0 Å². The summed E-state index contributed by atoms with van der Waals surface area (Å²) in [6.07, 6.45) is 17.0. The SMILES string of the molecule is C#CC1(OC(C)=O)CC[C@H]2[C@@H]3CCC4=CC(=O)CC[C@@H]4[C@H]3CCC21CC. The Kier molecular flexibility index (Phi) is 4.29. The normalized spacial score (nSPS) is 44.2. The standard InChI is InChI=1S/C23H30O3/c1-4-22-12-10-19-18-9-7-17(25)14-16(18)6-8-20(19)21(22)11-13-23(22,5-2)26-15(3)24/h2,14,18-21H,4,6-13H2,1,3H3/t18-,19+,20+,21-,22?,23?/m0/s1. The minimum absolute atomic E-state index is 0.0692. The van der Waals surface area contributed by atoms with Crippen LogP contribution in [0.5, 0.6) is 0 Å². The van der Waals surface area contributed by atoms with Crippen molar-refractivity contribution in [3.8, 4) is 12.3 Å². The molecule has 4 rings (SSSR count). The fourth-order valence-corrected chi connectivity index (χ4v) is 7.36. The second-order valence-electron chi connectivity index (χ2n) is 8.96. The largest absolute Gasteiger partial charge is 0.445 e. The maximum absolute atomic E-state index is 11.8. The molecular formula is C23H30O3. The summed E-state index contributed by atoms with van der Waals surface area (Å²) in [5.74, 6) is 5.49. The molecule has 4 aliphatic carbocycles. The van der Waals surface area contributed by atoms with E-state index >= 15 is 0 Å². The van der Waals surface area contributed by atoms with Gasteiger partial charge in [0.1, 0.15) is 0 Å². The molecule has 0 N–H and O–H groups in total. The first-order chi connectivity index (χ1) is 12.5. The smallest absolute Gasteiger partial charge is 0.304 e. The van der Waals surface area contributed by atoms with Crippen molar-refractivity contribution in [2.75, 3.05) is 0 Å². The topological polar surface area (TPSA) is 43.4 Å². The highest BCUT2D eigenvalue weighted by molar-refractivity contribution is 5.91. The quantitative estimate of drug-likeness (QED) is 0.543. The number of rotatable bonds is 2. The summed E-state index contributed by atoms with van der Waals surface area (Å²) in [4.78, 5) is 23.7. The van der Waals surface area contributed by atoms with Gasteiger partial charge in [-0.3, -0.25) is 9.59 Å². The van der Waals surface area contributed by atoms with Crippen molar-refractivity contribution in [1.29, 1.82) is 0 Å². The molecule has 0 saturated heterocycles. The van der Waals surface area contributed by atoms with Gasteiger partial charge in [0.25, 0.3) is 0 Å². The van der Waals surface area contributed by atoms with Crippen LogP contribution in [0.1, 0.15) is 71.6 Å². The molecule has 0 aliphatic heterocycles. The highest BCUT2D eigenvalue weighted by atomic mass is 16.6. The third kappa shape index (κ3) is 2.34. The lowest BCUT2D eigenvalue weighted by molar-refractivity contribution is -0.170. The van der Waals surface area contributed by atoms with Crippen molar-refractivity contribution in [2.24, 2.45) is 29.1 Å². The van der Waals surface area contributed by atoms with Gasteiger partial charge in [-0.25, -0.2) is 0 Å². The van der Waals surface area contributed by atoms with Gasteiger partial charge < -0.3 is 4.74 Å². The van der Waals surface area contributed by atoms with E-state index in [-0.39, 0.29) is 11.4 Å². The Labute approximate surface area is 156 Å². The summed E-state index contributed by atoms with van der Waals surface area (Å²) in [6.45, 7) is 3.71. The number of carbonyl (C=O) groups excluding carboxylic acids is 2. The molecule has 2 unspecified atom stereocenters. The van der Waals surface area contributed by atoms with Gasteiger partial charge in [-0.15, -0.1) is 6.42 Å². The third-order valence-electron chi connectivity index (χ3n) is 8.30. The Morgan fingerprint density at radius 2 is 2.04 bits per heavy atom. The summed E-state index contributed by atoms with van der Waals surface area (Å²) in [5, 5.41) is 0. The molecule has 26 heavy (non-hydrogen) atoms. The predicted molar refractivity (Wildman–Crippen MR) is 100 cm³/mol. The molecule has 0 aromatic heterocycles. The minimum Gasteiger partial charge on any atom is -0.445 e. The van der Waals surface area contributed by atoms with Crippen molar-refractivity contribution in [1.82, 2.24) is 0 Å². The van der Waals surface area contributed by atoms with Gasteiger partial charge in [0.15, 0.2) is 11.4 Å². The molecule has 3 saturated carbocycles. The van der Waals surface area contributed by atoms with Crippen LogP contribution in [-0.4, -0.2) is 17.4 Å². The summed E-state index contributed by atoms with van der Waals surface area (Å²) in [6, 6.07) is 0. The summed E-state index contributed by atoms with van der Waals surface area (Å²) >= 11 is 0. The molecule has 3 fully saturated rings. The van der Waals surface area contributed by atoms with Crippen LogP contribution in [-0.2, 0) is 14.3 Å². The molecule has 3 nitrogen and oxygen atoms in total. The van der Waals surface area contributed by atoms with Gasteiger partial charge in [-0.05, 0) is 81.1 Å². The Morgan fingerprint density at radius 1 is 1.23 bits per heavy atom. The van der Waals surface area contributed by atoms with Crippen molar-refractivity contribution in [3.63, 3.8) is 0 Å². The first kappa shape index (κ1) is 17.8. The van der Waals surface area contributed by atoms with Crippen LogP contribution in [0, 0.1) is 41.4 Å². The van der Waals surface area contributed by atoms with Gasteiger partial charge in [-0.2, -0.15) is 0 Å².